The van der Waals surface area contributed by atoms with Crippen LogP contribution in [0.5, 0.6) is 5.75 Å². The van der Waals surface area contributed by atoms with Crippen molar-refractivity contribution in [2.45, 2.75) is 13.3 Å². The zero-order valence-electron chi connectivity index (χ0n) is 10.1. The quantitative estimate of drug-likeness (QED) is 0.464. The second kappa shape index (κ2) is 6.03. The summed E-state index contributed by atoms with van der Waals surface area (Å²) < 4.78 is 35.1. The predicted octanol–water partition coefficient (Wildman–Crippen LogP) is 2.11. The number of rotatable bonds is 5. The maximum absolute atomic E-state index is 12.9. The van der Waals surface area contributed by atoms with E-state index in [1.807, 2.05) is 0 Å². The molecular formula is C10H10F2N2O5. The van der Waals surface area contributed by atoms with Crippen LogP contribution in [0.15, 0.2) is 6.20 Å². The summed E-state index contributed by atoms with van der Waals surface area (Å²) in [5, 5.41) is 10.7. The molecule has 0 aliphatic carbocycles. The van der Waals surface area contributed by atoms with Gasteiger partial charge in [-0.3, -0.25) is 10.1 Å². The first kappa shape index (κ1) is 14.7. The average Bonchev–Trinajstić information content (AvgIpc) is 2.36. The highest BCUT2D eigenvalue weighted by molar-refractivity contribution is 5.91. The average molecular weight is 276 g/mol. The topological polar surface area (TPSA) is 91.6 Å². The van der Waals surface area contributed by atoms with E-state index in [1.54, 1.807) is 0 Å². The van der Waals surface area contributed by atoms with Crippen molar-refractivity contribution in [3.63, 3.8) is 0 Å². The van der Waals surface area contributed by atoms with E-state index in [-0.39, 0.29) is 6.61 Å². The lowest BCUT2D eigenvalue weighted by atomic mass is 10.1. The van der Waals surface area contributed by atoms with Gasteiger partial charge in [0.2, 0.25) is 0 Å². The Labute approximate surface area is 106 Å². The van der Waals surface area contributed by atoms with Gasteiger partial charge in [0.15, 0.2) is 11.4 Å². The van der Waals surface area contributed by atoms with Crippen molar-refractivity contribution >= 4 is 11.7 Å². The summed E-state index contributed by atoms with van der Waals surface area (Å²) in [6, 6.07) is 0. The summed E-state index contributed by atoms with van der Waals surface area (Å²) in [6.45, 7) is 1.52. The molecule has 0 radical (unpaired) electrons. The second-order valence-electron chi connectivity index (χ2n) is 3.22. The molecule has 1 aromatic rings. The molecule has 19 heavy (non-hydrogen) atoms. The smallest absolute Gasteiger partial charge is 0.360 e. The van der Waals surface area contributed by atoms with Crippen LogP contribution in [0.25, 0.3) is 0 Å². The van der Waals surface area contributed by atoms with Crippen molar-refractivity contribution < 1.29 is 28.0 Å². The molecule has 0 N–H and O–H groups in total. The molecule has 0 spiro atoms. The summed E-state index contributed by atoms with van der Waals surface area (Å²) in [5.74, 6) is -1.64. The van der Waals surface area contributed by atoms with Crippen molar-refractivity contribution in [2.24, 2.45) is 0 Å². The van der Waals surface area contributed by atoms with Crippen molar-refractivity contribution in [3.8, 4) is 5.75 Å². The van der Waals surface area contributed by atoms with Crippen molar-refractivity contribution in [1.29, 1.82) is 0 Å². The maximum Gasteiger partial charge on any atom is 0.360 e. The maximum atomic E-state index is 12.9. The number of hydrogen-bond acceptors (Lipinski definition) is 6. The molecule has 1 heterocycles. The van der Waals surface area contributed by atoms with Gasteiger partial charge in [0.05, 0.1) is 18.6 Å². The van der Waals surface area contributed by atoms with E-state index >= 15 is 0 Å². The Kier molecular flexibility index (Phi) is 4.67. The molecule has 0 bridgehead atoms. The zero-order valence-corrected chi connectivity index (χ0v) is 10.1. The summed E-state index contributed by atoms with van der Waals surface area (Å²) in [4.78, 5) is 24.6. The Morgan fingerprint density at radius 3 is 2.63 bits per heavy atom. The Balaban J connectivity index is 3.49. The third-order valence-corrected chi connectivity index (χ3v) is 2.14. The summed E-state index contributed by atoms with van der Waals surface area (Å²) >= 11 is 0. The molecule has 0 unspecified atom stereocenters. The Hall–Kier alpha value is -2.32. The first-order chi connectivity index (χ1) is 8.93. The van der Waals surface area contributed by atoms with Crippen LogP contribution in [0.3, 0.4) is 0 Å². The van der Waals surface area contributed by atoms with Crippen LogP contribution in [-0.2, 0) is 4.74 Å². The van der Waals surface area contributed by atoms with Gasteiger partial charge in [-0.15, -0.1) is 0 Å². The number of hydrogen-bond donors (Lipinski definition) is 0. The largest absolute Gasteiger partial charge is 0.493 e. The lowest BCUT2D eigenvalue weighted by Gasteiger charge is -2.11. The van der Waals surface area contributed by atoms with E-state index in [0.29, 0.717) is 6.20 Å². The van der Waals surface area contributed by atoms with Crippen molar-refractivity contribution in [3.05, 3.63) is 27.6 Å². The minimum Gasteiger partial charge on any atom is -0.493 e. The van der Waals surface area contributed by atoms with Gasteiger partial charge in [0.1, 0.15) is 11.8 Å². The third kappa shape index (κ3) is 2.92. The van der Waals surface area contributed by atoms with Gasteiger partial charge in [-0.2, -0.15) is 0 Å². The van der Waals surface area contributed by atoms with Gasteiger partial charge in [-0.25, -0.2) is 18.6 Å². The molecule has 0 saturated carbocycles. The van der Waals surface area contributed by atoms with Crippen LogP contribution in [0.1, 0.15) is 29.4 Å². The van der Waals surface area contributed by atoms with Crippen LogP contribution in [0.4, 0.5) is 14.5 Å². The number of carbonyl (C=O) groups is 1. The number of esters is 1. The van der Waals surface area contributed by atoms with Crippen LogP contribution in [0, 0.1) is 10.1 Å². The number of carbonyl (C=O) groups excluding carboxylic acids is 1. The molecule has 9 heteroatoms. The van der Waals surface area contributed by atoms with Gasteiger partial charge in [-0.05, 0) is 6.92 Å². The number of nitro groups is 1. The van der Waals surface area contributed by atoms with Gasteiger partial charge >= 0.3 is 5.97 Å². The lowest BCUT2D eigenvalue weighted by Crippen LogP contribution is -2.12. The Morgan fingerprint density at radius 2 is 2.21 bits per heavy atom. The molecule has 0 aromatic carbocycles. The number of halogens is 2. The van der Waals surface area contributed by atoms with Crippen LogP contribution < -0.4 is 4.74 Å². The predicted molar refractivity (Wildman–Crippen MR) is 58.4 cm³/mol. The first-order valence-corrected chi connectivity index (χ1v) is 5.10. The van der Waals surface area contributed by atoms with E-state index < -0.39 is 40.0 Å². The SMILES string of the molecule is CCOC(=O)c1ncc([N+](=O)[O-])c(C(F)F)c1OC. The highest BCUT2D eigenvalue weighted by Gasteiger charge is 2.32. The molecule has 0 aliphatic heterocycles. The standard InChI is InChI=1S/C10H10F2N2O5/c1-3-19-10(15)7-8(18-2)6(9(11)12)5(4-13-7)14(16)17/h4,9H,3H2,1-2H3. The molecule has 104 valence electrons. The van der Waals surface area contributed by atoms with E-state index in [2.05, 4.69) is 14.5 Å². The molecule has 0 amide bonds. The van der Waals surface area contributed by atoms with Crippen LogP contribution in [0.2, 0.25) is 0 Å². The van der Waals surface area contributed by atoms with Gasteiger partial charge in [0.25, 0.3) is 12.1 Å². The summed E-state index contributed by atoms with van der Waals surface area (Å²) in [7, 11) is 1.01. The molecule has 0 atom stereocenters. The van der Waals surface area contributed by atoms with Gasteiger partial charge in [0, 0.05) is 0 Å². The zero-order chi connectivity index (χ0) is 14.6. The highest BCUT2D eigenvalue weighted by Crippen LogP contribution is 2.38. The van der Waals surface area contributed by atoms with Crippen LogP contribution >= 0.6 is 0 Å². The lowest BCUT2D eigenvalue weighted by molar-refractivity contribution is -0.386. The van der Waals surface area contributed by atoms with Gasteiger partial charge < -0.3 is 9.47 Å². The first-order valence-electron chi connectivity index (χ1n) is 5.10. The number of aromatic nitrogens is 1. The molecule has 1 aromatic heterocycles. The highest BCUT2D eigenvalue weighted by atomic mass is 19.3. The minimum absolute atomic E-state index is 0.00463. The number of methoxy groups -OCH3 is 1. The Bertz CT molecular complexity index is 507. The fraction of sp³-hybridized carbons (Fsp3) is 0.400. The minimum atomic E-state index is -3.19. The van der Waals surface area contributed by atoms with Crippen LogP contribution in [-0.4, -0.2) is 29.6 Å². The molecular weight excluding hydrogens is 266 g/mol. The summed E-state index contributed by atoms with van der Waals surface area (Å²) in [5.41, 5.74) is -2.43. The number of pyridine rings is 1. The summed E-state index contributed by atoms with van der Waals surface area (Å²) in [6.07, 6.45) is -2.61. The fourth-order valence-electron chi connectivity index (χ4n) is 1.41. The van der Waals surface area contributed by atoms with E-state index in [9.17, 15) is 23.7 Å². The monoisotopic (exact) mass is 276 g/mol. The molecule has 0 aliphatic rings. The number of ether oxygens (including phenoxy) is 2. The second-order valence-corrected chi connectivity index (χ2v) is 3.22. The van der Waals surface area contributed by atoms with Crippen molar-refractivity contribution in [2.75, 3.05) is 13.7 Å². The number of nitrogens with zero attached hydrogens (tertiary/aromatic N) is 2. The number of alkyl halides is 2. The van der Waals surface area contributed by atoms with E-state index in [1.165, 1.54) is 6.92 Å². The van der Waals surface area contributed by atoms with E-state index in [0.717, 1.165) is 7.11 Å². The third-order valence-electron chi connectivity index (χ3n) is 2.14. The fourth-order valence-corrected chi connectivity index (χ4v) is 1.41. The molecule has 7 nitrogen and oxygen atoms in total. The molecule has 0 fully saturated rings. The van der Waals surface area contributed by atoms with Gasteiger partial charge in [-0.1, -0.05) is 0 Å². The van der Waals surface area contributed by atoms with Crippen molar-refractivity contribution in [1.82, 2.24) is 4.98 Å². The molecule has 0 saturated heterocycles. The normalized spacial score (nSPS) is 10.4. The Morgan fingerprint density at radius 1 is 1.58 bits per heavy atom. The van der Waals surface area contributed by atoms with E-state index in [4.69, 9.17) is 0 Å². The molecule has 1 rings (SSSR count).